The lowest BCUT2D eigenvalue weighted by Gasteiger charge is -2.34. The molecule has 0 aromatic heterocycles. The fourth-order valence-electron chi connectivity index (χ4n) is 4.67. The molecule has 4 aromatic carbocycles. The molecule has 7 heteroatoms. The molecule has 0 saturated carbocycles. The van der Waals surface area contributed by atoms with E-state index in [1.54, 1.807) is 6.07 Å². The fraction of sp³-hybridized carbons (Fsp3) is 0.207. The Balaban J connectivity index is 1.24. The molecule has 182 valence electrons. The van der Waals surface area contributed by atoms with Crippen LogP contribution in [0.2, 0.25) is 0 Å². The van der Waals surface area contributed by atoms with E-state index in [9.17, 15) is 9.59 Å². The SMILES string of the molecule is N=C(N)CC(=O)Oc1cccc2ccc(CN3CCN(Cc4ccc5ccccc5c4)C(=O)C3)cc12. The lowest BCUT2D eigenvalue weighted by molar-refractivity contribution is -0.137. The Labute approximate surface area is 209 Å². The van der Waals surface area contributed by atoms with Crippen LogP contribution >= 0.6 is 0 Å². The number of ether oxygens (including phenoxy) is 1. The highest BCUT2D eigenvalue weighted by atomic mass is 16.5. The van der Waals surface area contributed by atoms with Crippen LogP contribution in [-0.4, -0.2) is 47.1 Å². The Kier molecular flexibility index (Phi) is 6.64. The van der Waals surface area contributed by atoms with Crippen molar-refractivity contribution in [2.24, 2.45) is 5.73 Å². The van der Waals surface area contributed by atoms with E-state index in [-0.39, 0.29) is 18.2 Å². The van der Waals surface area contributed by atoms with E-state index < -0.39 is 5.97 Å². The number of hydrogen-bond acceptors (Lipinski definition) is 5. The highest BCUT2D eigenvalue weighted by Gasteiger charge is 2.24. The topological polar surface area (TPSA) is 99.7 Å². The first kappa shape index (κ1) is 23.5. The van der Waals surface area contributed by atoms with Gasteiger partial charge in [0, 0.05) is 31.6 Å². The lowest BCUT2D eigenvalue weighted by atomic mass is 10.0. The molecule has 1 heterocycles. The number of nitrogens with two attached hydrogens (primary N) is 1. The molecule has 0 unspecified atom stereocenters. The van der Waals surface area contributed by atoms with E-state index in [4.69, 9.17) is 15.9 Å². The number of nitrogens with one attached hydrogen (secondary N) is 1. The smallest absolute Gasteiger partial charge is 0.318 e. The molecule has 1 saturated heterocycles. The first-order valence-electron chi connectivity index (χ1n) is 12.0. The summed E-state index contributed by atoms with van der Waals surface area (Å²) in [5.74, 6) is -0.232. The first-order valence-corrected chi connectivity index (χ1v) is 12.0. The highest BCUT2D eigenvalue weighted by Crippen LogP contribution is 2.28. The molecule has 1 aliphatic heterocycles. The van der Waals surface area contributed by atoms with Gasteiger partial charge in [0.15, 0.2) is 0 Å². The minimum atomic E-state index is -0.562. The number of carbonyl (C=O) groups is 2. The fourth-order valence-corrected chi connectivity index (χ4v) is 4.67. The van der Waals surface area contributed by atoms with Gasteiger partial charge in [0.2, 0.25) is 5.91 Å². The van der Waals surface area contributed by atoms with E-state index in [0.717, 1.165) is 28.4 Å². The lowest BCUT2D eigenvalue weighted by Crippen LogP contribution is -2.49. The van der Waals surface area contributed by atoms with Crippen LogP contribution < -0.4 is 10.5 Å². The molecule has 0 aliphatic carbocycles. The molecule has 1 fully saturated rings. The van der Waals surface area contributed by atoms with Gasteiger partial charge in [-0.15, -0.1) is 0 Å². The third-order valence-corrected chi connectivity index (χ3v) is 6.46. The van der Waals surface area contributed by atoms with Crippen LogP contribution in [0.5, 0.6) is 5.75 Å². The second kappa shape index (κ2) is 10.2. The first-order chi connectivity index (χ1) is 17.4. The zero-order valence-electron chi connectivity index (χ0n) is 19.9. The molecule has 0 atom stereocenters. The summed E-state index contributed by atoms with van der Waals surface area (Å²) < 4.78 is 5.46. The summed E-state index contributed by atoms with van der Waals surface area (Å²) in [6.07, 6.45) is -0.248. The zero-order valence-corrected chi connectivity index (χ0v) is 19.9. The minimum absolute atomic E-state index is 0.119. The van der Waals surface area contributed by atoms with Gasteiger partial charge in [-0.1, -0.05) is 60.7 Å². The molecule has 1 amide bonds. The standard InChI is InChI=1S/C29H28N4O3/c30-27(31)16-29(35)36-26-7-3-6-23-11-9-21(15-25(23)26)17-32-12-13-33(28(34)19-32)18-20-8-10-22-4-1-2-5-24(22)14-20/h1-11,14-15H,12-13,16-19H2,(H3,30,31). The van der Waals surface area contributed by atoms with Crippen LogP contribution in [0.15, 0.2) is 78.9 Å². The van der Waals surface area contributed by atoms with Crippen molar-refractivity contribution in [1.29, 1.82) is 5.41 Å². The van der Waals surface area contributed by atoms with Crippen LogP contribution in [0.3, 0.4) is 0 Å². The second-order valence-corrected chi connectivity index (χ2v) is 9.20. The van der Waals surface area contributed by atoms with Crippen molar-refractivity contribution in [3.63, 3.8) is 0 Å². The average molecular weight is 481 g/mol. The minimum Gasteiger partial charge on any atom is -0.426 e. The number of benzene rings is 4. The molecule has 0 spiro atoms. The number of rotatable bonds is 7. The maximum Gasteiger partial charge on any atom is 0.318 e. The van der Waals surface area contributed by atoms with Gasteiger partial charge in [-0.25, -0.2) is 0 Å². The number of esters is 1. The summed E-state index contributed by atoms with van der Waals surface area (Å²) in [6, 6.07) is 26.1. The molecular formula is C29H28N4O3. The number of amides is 1. The summed E-state index contributed by atoms with van der Waals surface area (Å²) in [5.41, 5.74) is 7.49. The molecule has 4 aromatic rings. The summed E-state index contributed by atoms with van der Waals surface area (Å²) in [6.45, 7) is 3.06. The van der Waals surface area contributed by atoms with Crippen molar-refractivity contribution in [2.45, 2.75) is 19.5 Å². The van der Waals surface area contributed by atoms with E-state index >= 15 is 0 Å². The van der Waals surface area contributed by atoms with Crippen molar-refractivity contribution < 1.29 is 14.3 Å². The average Bonchev–Trinajstić information content (AvgIpc) is 2.85. The number of carbonyl (C=O) groups excluding carboxylic acids is 2. The Morgan fingerprint density at radius 1 is 0.861 bits per heavy atom. The van der Waals surface area contributed by atoms with Crippen molar-refractivity contribution in [3.05, 3.63) is 90.0 Å². The predicted molar refractivity (Wildman–Crippen MR) is 141 cm³/mol. The molecular weight excluding hydrogens is 452 g/mol. The summed E-state index contributed by atoms with van der Waals surface area (Å²) in [5, 5.41) is 11.4. The molecule has 7 nitrogen and oxygen atoms in total. The Bertz CT molecular complexity index is 1470. The largest absolute Gasteiger partial charge is 0.426 e. The number of piperazine rings is 1. The second-order valence-electron chi connectivity index (χ2n) is 9.20. The molecule has 0 bridgehead atoms. The number of hydrogen-bond donors (Lipinski definition) is 2. The zero-order chi connectivity index (χ0) is 25.1. The van der Waals surface area contributed by atoms with E-state index in [1.807, 2.05) is 47.4 Å². The maximum absolute atomic E-state index is 12.9. The van der Waals surface area contributed by atoms with Gasteiger partial charge in [0.1, 0.15) is 18.0 Å². The number of fused-ring (bicyclic) bond motifs is 2. The molecule has 36 heavy (non-hydrogen) atoms. The van der Waals surface area contributed by atoms with Crippen LogP contribution in [0.4, 0.5) is 0 Å². The van der Waals surface area contributed by atoms with Gasteiger partial charge >= 0.3 is 5.97 Å². The van der Waals surface area contributed by atoms with Crippen molar-refractivity contribution >= 4 is 39.3 Å². The van der Waals surface area contributed by atoms with Gasteiger partial charge in [0.05, 0.1) is 6.54 Å². The Morgan fingerprint density at radius 2 is 1.58 bits per heavy atom. The summed E-state index contributed by atoms with van der Waals surface area (Å²) in [4.78, 5) is 29.0. The van der Waals surface area contributed by atoms with Crippen molar-refractivity contribution in [2.75, 3.05) is 19.6 Å². The van der Waals surface area contributed by atoms with Crippen molar-refractivity contribution in [1.82, 2.24) is 9.80 Å². The Hall–Kier alpha value is -4.23. The summed E-state index contributed by atoms with van der Waals surface area (Å²) in [7, 11) is 0. The van der Waals surface area contributed by atoms with Crippen LogP contribution in [0, 0.1) is 5.41 Å². The Morgan fingerprint density at radius 3 is 2.36 bits per heavy atom. The van der Waals surface area contributed by atoms with E-state index in [0.29, 0.717) is 31.9 Å². The summed E-state index contributed by atoms with van der Waals surface area (Å²) >= 11 is 0. The van der Waals surface area contributed by atoms with Crippen LogP contribution in [-0.2, 0) is 22.7 Å². The van der Waals surface area contributed by atoms with Crippen LogP contribution in [0.1, 0.15) is 17.5 Å². The third-order valence-electron chi connectivity index (χ3n) is 6.46. The maximum atomic E-state index is 12.9. The van der Waals surface area contributed by atoms with Gasteiger partial charge in [-0.2, -0.15) is 0 Å². The highest BCUT2D eigenvalue weighted by molar-refractivity contribution is 5.97. The van der Waals surface area contributed by atoms with E-state index in [2.05, 4.69) is 35.2 Å². The number of nitrogens with zero attached hydrogens (tertiary/aromatic N) is 2. The molecule has 3 N–H and O–H groups in total. The van der Waals surface area contributed by atoms with Gasteiger partial charge in [-0.3, -0.25) is 19.9 Å². The molecule has 5 rings (SSSR count). The quantitative estimate of drug-likeness (QED) is 0.180. The van der Waals surface area contributed by atoms with Gasteiger partial charge < -0.3 is 15.4 Å². The third kappa shape index (κ3) is 5.37. The monoisotopic (exact) mass is 480 g/mol. The van der Waals surface area contributed by atoms with Gasteiger partial charge in [0.25, 0.3) is 0 Å². The molecule has 0 radical (unpaired) electrons. The molecule has 1 aliphatic rings. The van der Waals surface area contributed by atoms with Crippen molar-refractivity contribution in [3.8, 4) is 5.75 Å². The van der Waals surface area contributed by atoms with Crippen LogP contribution in [0.25, 0.3) is 21.5 Å². The predicted octanol–water partition coefficient (Wildman–Crippen LogP) is 4.07. The van der Waals surface area contributed by atoms with E-state index in [1.165, 1.54) is 10.8 Å². The normalized spacial score (nSPS) is 14.3. The number of amidine groups is 1. The van der Waals surface area contributed by atoms with Gasteiger partial charge in [-0.05, 0) is 45.5 Å².